The SMILES string of the molecule is COc1ccc(C2/C(=C(\O)c3cccc(OCC(C)C)c3)C(=O)C(=O)N2c2nc3ccccc3[nH]2)cc1OC. The zero-order valence-corrected chi connectivity index (χ0v) is 22.1. The van der Waals surface area contributed by atoms with Crippen LogP contribution in [0.1, 0.15) is 31.0 Å². The Kier molecular flexibility index (Phi) is 6.98. The Bertz CT molecular complexity index is 1560. The highest BCUT2D eigenvalue weighted by atomic mass is 16.5. The van der Waals surface area contributed by atoms with E-state index >= 15 is 0 Å². The summed E-state index contributed by atoms with van der Waals surface area (Å²) in [5.74, 6) is -0.0358. The molecule has 9 heteroatoms. The van der Waals surface area contributed by atoms with Gasteiger partial charge in [-0.1, -0.05) is 44.2 Å². The molecule has 1 aliphatic rings. The second-order valence-corrected chi connectivity index (χ2v) is 9.59. The van der Waals surface area contributed by atoms with Gasteiger partial charge >= 0.3 is 5.91 Å². The minimum atomic E-state index is -0.995. The van der Waals surface area contributed by atoms with Crippen LogP contribution in [0.5, 0.6) is 17.2 Å². The van der Waals surface area contributed by atoms with Crippen molar-refractivity contribution in [2.75, 3.05) is 25.7 Å². The van der Waals surface area contributed by atoms with Gasteiger partial charge in [-0.05, 0) is 47.9 Å². The van der Waals surface area contributed by atoms with Crippen LogP contribution in [0.25, 0.3) is 16.8 Å². The lowest BCUT2D eigenvalue weighted by atomic mass is 9.95. The van der Waals surface area contributed by atoms with Crippen LogP contribution in [-0.4, -0.2) is 47.6 Å². The zero-order chi connectivity index (χ0) is 27.7. The molecule has 39 heavy (non-hydrogen) atoms. The van der Waals surface area contributed by atoms with Crippen molar-refractivity contribution < 1.29 is 28.9 Å². The highest BCUT2D eigenvalue weighted by Gasteiger charge is 2.48. The molecule has 0 saturated carbocycles. The number of rotatable bonds is 8. The number of aliphatic hydroxyl groups is 1. The number of aliphatic hydroxyl groups excluding tert-OH is 1. The third-order valence-corrected chi connectivity index (χ3v) is 6.46. The molecule has 1 unspecified atom stereocenters. The number of H-pyrrole nitrogens is 1. The van der Waals surface area contributed by atoms with Crippen LogP contribution in [0.15, 0.2) is 72.3 Å². The summed E-state index contributed by atoms with van der Waals surface area (Å²) in [6.45, 7) is 4.56. The van der Waals surface area contributed by atoms with Crippen molar-refractivity contribution in [1.82, 2.24) is 9.97 Å². The first-order chi connectivity index (χ1) is 18.8. The Labute approximate surface area is 225 Å². The molecule has 1 amide bonds. The van der Waals surface area contributed by atoms with Crippen molar-refractivity contribution in [2.24, 2.45) is 5.92 Å². The van der Waals surface area contributed by atoms with Crippen molar-refractivity contribution in [2.45, 2.75) is 19.9 Å². The van der Waals surface area contributed by atoms with Crippen molar-refractivity contribution in [3.63, 3.8) is 0 Å². The van der Waals surface area contributed by atoms with Crippen LogP contribution in [0.4, 0.5) is 5.95 Å². The van der Waals surface area contributed by atoms with E-state index in [0.717, 1.165) is 0 Å². The highest BCUT2D eigenvalue weighted by molar-refractivity contribution is 6.51. The molecule has 1 aliphatic heterocycles. The van der Waals surface area contributed by atoms with Gasteiger partial charge in [0.05, 0.1) is 43.5 Å². The van der Waals surface area contributed by atoms with E-state index in [-0.39, 0.29) is 17.3 Å². The first kappa shape index (κ1) is 25.8. The van der Waals surface area contributed by atoms with Crippen LogP contribution in [0.3, 0.4) is 0 Å². The number of anilines is 1. The van der Waals surface area contributed by atoms with Crippen molar-refractivity contribution in [3.8, 4) is 17.2 Å². The number of aromatic amines is 1. The van der Waals surface area contributed by atoms with Gasteiger partial charge in [-0.15, -0.1) is 0 Å². The van der Waals surface area contributed by atoms with E-state index in [4.69, 9.17) is 14.2 Å². The Morgan fingerprint density at radius 3 is 2.49 bits per heavy atom. The maximum Gasteiger partial charge on any atom is 0.302 e. The predicted octanol–water partition coefficient (Wildman–Crippen LogP) is 5.24. The minimum absolute atomic E-state index is 0.0753. The number of Topliss-reactive ketones (excluding diaryl/α,β-unsaturated/α-hetero) is 1. The number of carbonyl (C=O) groups is 2. The van der Waals surface area contributed by atoms with Crippen molar-refractivity contribution >= 4 is 34.4 Å². The van der Waals surface area contributed by atoms with Gasteiger partial charge < -0.3 is 24.3 Å². The molecule has 0 bridgehead atoms. The average Bonchev–Trinajstić information content (AvgIpc) is 3.49. The Balaban J connectivity index is 1.69. The van der Waals surface area contributed by atoms with Gasteiger partial charge in [-0.3, -0.25) is 14.5 Å². The fourth-order valence-corrected chi connectivity index (χ4v) is 4.59. The summed E-state index contributed by atoms with van der Waals surface area (Å²) < 4.78 is 16.7. The number of methoxy groups -OCH3 is 2. The number of aromatic nitrogens is 2. The third kappa shape index (κ3) is 4.79. The molecule has 3 aromatic carbocycles. The number of ketones is 1. The number of nitrogens with zero attached hydrogens (tertiary/aromatic N) is 2. The molecular weight excluding hydrogens is 498 g/mol. The number of para-hydroxylation sites is 2. The summed E-state index contributed by atoms with van der Waals surface area (Å²) in [6.07, 6.45) is 0. The molecule has 0 spiro atoms. The van der Waals surface area contributed by atoms with E-state index in [9.17, 15) is 14.7 Å². The fraction of sp³-hybridized carbons (Fsp3) is 0.233. The second kappa shape index (κ2) is 10.5. The molecule has 0 radical (unpaired) electrons. The fourth-order valence-electron chi connectivity index (χ4n) is 4.59. The van der Waals surface area contributed by atoms with Gasteiger partial charge in [0.25, 0.3) is 5.78 Å². The second-order valence-electron chi connectivity index (χ2n) is 9.59. The summed E-state index contributed by atoms with van der Waals surface area (Å²) in [7, 11) is 3.02. The normalized spacial score (nSPS) is 16.7. The summed E-state index contributed by atoms with van der Waals surface area (Å²) in [5, 5.41) is 11.5. The zero-order valence-electron chi connectivity index (χ0n) is 22.1. The molecule has 2 N–H and O–H groups in total. The minimum Gasteiger partial charge on any atom is -0.507 e. The van der Waals surface area contributed by atoms with E-state index in [1.165, 1.54) is 19.1 Å². The van der Waals surface area contributed by atoms with Crippen LogP contribution < -0.4 is 19.1 Å². The summed E-state index contributed by atoms with van der Waals surface area (Å²) in [4.78, 5) is 36.0. The van der Waals surface area contributed by atoms with Crippen LogP contribution in [-0.2, 0) is 9.59 Å². The van der Waals surface area contributed by atoms with Crippen molar-refractivity contribution in [3.05, 3.63) is 83.4 Å². The molecule has 1 saturated heterocycles. The molecule has 1 fully saturated rings. The van der Waals surface area contributed by atoms with E-state index in [0.29, 0.717) is 51.9 Å². The highest BCUT2D eigenvalue weighted by Crippen LogP contribution is 2.44. The van der Waals surface area contributed by atoms with Crippen LogP contribution in [0, 0.1) is 5.92 Å². The number of hydrogen-bond donors (Lipinski definition) is 2. The van der Waals surface area contributed by atoms with Gasteiger partial charge in [-0.2, -0.15) is 0 Å². The number of hydrogen-bond acceptors (Lipinski definition) is 7. The average molecular weight is 528 g/mol. The maximum atomic E-state index is 13.5. The van der Waals surface area contributed by atoms with E-state index in [1.54, 1.807) is 48.5 Å². The Hall–Kier alpha value is -4.79. The monoisotopic (exact) mass is 527 g/mol. The maximum absolute atomic E-state index is 13.5. The molecule has 1 atom stereocenters. The summed E-state index contributed by atoms with van der Waals surface area (Å²) in [6, 6.07) is 18.2. The lowest BCUT2D eigenvalue weighted by molar-refractivity contribution is -0.132. The molecular formula is C30H29N3O6. The van der Waals surface area contributed by atoms with Gasteiger partial charge in [0.1, 0.15) is 11.5 Å². The number of ether oxygens (including phenoxy) is 3. The largest absolute Gasteiger partial charge is 0.507 e. The molecule has 5 rings (SSSR count). The smallest absolute Gasteiger partial charge is 0.302 e. The van der Waals surface area contributed by atoms with E-state index < -0.39 is 17.7 Å². The molecule has 4 aromatic rings. The quantitative estimate of drug-likeness (QED) is 0.183. The first-order valence-corrected chi connectivity index (χ1v) is 12.5. The van der Waals surface area contributed by atoms with Crippen molar-refractivity contribution in [1.29, 1.82) is 0 Å². The molecule has 0 aliphatic carbocycles. The van der Waals surface area contributed by atoms with Gasteiger partial charge in [0, 0.05) is 5.56 Å². The number of benzene rings is 3. The first-order valence-electron chi connectivity index (χ1n) is 12.5. The predicted molar refractivity (Wildman–Crippen MR) is 147 cm³/mol. The number of amides is 1. The topological polar surface area (TPSA) is 114 Å². The van der Waals surface area contributed by atoms with Gasteiger partial charge in [0.2, 0.25) is 5.95 Å². The Morgan fingerprint density at radius 1 is 1.00 bits per heavy atom. The lowest BCUT2D eigenvalue weighted by Crippen LogP contribution is -2.30. The lowest BCUT2D eigenvalue weighted by Gasteiger charge is -2.24. The standard InChI is InChI=1S/C30H29N3O6/c1-17(2)16-39-20-9-7-8-19(14-20)27(34)25-26(18-12-13-23(37-3)24(15-18)38-4)33(29(36)28(25)35)30-31-21-10-5-6-11-22(21)32-30/h5-15,17,26,34H,16H2,1-4H3,(H,31,32)/b27-25+. The molecule has 2 heterocycles. The molecule has 200 valence electrons. The van der Waals surface area contributed by atoms with Gasteiger partial charge in [0.15, 0.2) is 11.5 Å². The number of fused-ring (bicyclic) bond motifs is 1. The number of imidazole rings is 1. The number of nitrogens with one attached hydrogen (secondary N) is 1. The number of carbonyl (C=O) groups excluding carboxylic acids is 2. The third-order valence-electron chi connectivity index (χ3n) is 6.46. The van der Waals surface area contributed by atoms with Gasteiger partial charge in [-0.25, -0.2) is 4.98 Å². The van der Waals surface area contributed by atoms with E-state index in [1.807, 2.05) is 32.0 Å². The van der Waals surface area contributed by atoms with E-state index in [2.05, 4.69) is 9.97 Å². The summed E-state index contributed by atoms with van der Waals surface area (Å²) in [5.41, 5.74) is 2.14. The summed E-state index contributed by atoms with van der Waals surface area (Å²) >= 11 is 0. The molecule has 1 aromatic heterocycles. The van der Waals surface area contributed by atoms with Crippen LogP contribution >= 0.6 is 0 Å². The Morgan fingerprint density at radius 2 is 1.77 bits per heavy atom. The molecule has 9 nitrogen and oxygen atoms in total. The van der Waals surface area contributed by atoms with Crippen LogP contribution in [0.2, 0.25) is 0 Å².